The molecule has 6 nitrogen and oxygen atoms in total. The molecule has 0 fully saturated rings. The summed E-state index contributed by atoms with van der Waals surface area (Å²) in [4.78, 5) is 19.7. The van der Waals surface area contributed by atoms with Crippen LogP contribution in [-0.4, -0.2) is 28.3 Å². The van der Waals surface area contributed by atoms with E-state index in [4.69, 9.17) is 9.47 Å². The van der Waals surface area contributed by atoms with Gasteiger partial charge in [-0.25, -0.2) is 14.8 Å². The molecule has 0 radical (unpaired) electrons. The molecule has 0 aromatic carbocycles. The van der Waals surface area contributed by atoms with Crippen LogP contribution >= 0.6 is 0 Å². The lowest BCUT2D eigenvalue weighted by molar-refractivity contribution is 0.0635. The highest BCUT2D eigenvalue weighted by atomic mass is 16.6. The lowest BCUT2D eigenvalue weighted by Gasteiger charge is -2.19. The fraction of sp³-hybridized carbons (Fsp3) is 0.462. The van der Waals surface area contributed by atoms with Crippen molar-refractivity contribution in [2.24, 2.45) is 0 Å². The summed E-state index contributed by atoms with van der Waals surface area (Å²) in [6, 6.07) is 1.56. The molecule has 6 heteroatoms. The highest BCUT2D eigenvalue weighted by molar-refractivity contribution is 5.83. The molecule has 1 aromatic rings. The predicted octanol–water partition coefficient (Wildman–Crippen LogP) is 2.83. The fourth-order valence-corrected chi connectivity index (χ4v) is 1.21. The van der Waals surface area contributed by atoms with E-state index in [-0.39, 0.29) is 0 Å². The second-order valence-corrected chi connectivity index (χ2v) is 4.75. The van der Waals surface area contributed by atoms with Gasteiger partial charge in [-0.05, 0) is 33.8 Å². The van der Waals surface area contributed by atoms with Gasteiger partial charge in [0.1, 0.15) is 11.4 Å². The van der Waals surface area contributed by atoms with Crippen molar-refractivity contribution in [3.63, 3.8) is 0 Å². The van der Waals surface area contributed by atoms with E-state index in [0.717, 1.165) is 0 Å². The molecule has 1 aromatic heterocycles. The summed E-state index contributed by atoms with van der Waals surface area (Å²) in [5, 5.41) is 2.53. The molecular formula is C13H19N3O3. The van der Waals surface area contributed by atoms with Gasteiger partial charge in [0.15, 0.2) is 11.6 Å². The van der Waals surface area contributed by atoms with Gasteiger partial charge in [-0.1, -0.05) is 6.58 Å². The molecule has 19 heavy (non-hydrogen) atoms. The highest BCUT2D eigenvalue weighted by Crippen LogP contribution is 2.13. The molecule has 0 bridgehead atoms. The second-order valence-electron chi connectivity index (χ2n) is 4.75. The van der Waals surface area contributed by atoms with Gasteiger partial charge in [-0.15, -0.1) is 0 Å². The van der Waals surface area contributed by atoms with Crippen LogP contribution in [0.4, 0.5) is 10.6 Å². The van der Waals surface area contributed by atoms with Crippen molar-refractivity contribution in [1.29, 1.82) is 0 Å². The van der Waals surface area contributed by atoms with Crippen LogP contribution in [0.2, 0.25) is 0 Å². The van der Waals surface area contributed by atoms with Gasteiger partial charge in [0, 0.05) is 6.20 Å². The Morgan fingerprint density at radius 3 is 2.74 bits per heavy atom. The molecule has 1 amide bonds. The lowest BCUT2D eigenvalue weighted by atomic mass is 10.2. The molecule has 0 aliphatic heterocycles. The summed E-state index contributed by atoms with van der Waals surface area (Å²) in [6.45, 7) is 11.4. The van der Waals surface area contributed by atoms with Crippen molar-refractivity contribution in [2.45, 2.75) is 33.3 Å². The molecule has 0 saturated heterocycles. The first-order valence-corrected chi connectivity index (χ1v) is 5.97. The molecule has 0 spiro atoms. The molecule has 104 valence electrons. The maximum atomic E-state index is 11.6. The lowest BCUT2D eigenvalue weighted by Crippen LogP contribution is -2.27. The molecule has 0 atom stereocenters. The first-order valence-electron chi connectivity index (χ1n) is 5.97. The average Bonchev–Trinajstić information content (AvgIpc) is 2.27. The number of ether oxygens (including phenoxy) is 2. The van der Waals surface area contributed by atoms with E-state index in [1.54, 1.807) is 26.8 Å². The molecule has 0 unspecified atom stereocenters. The Morgan fingerprint density at radius 2 is 2.16 bits per heavy atom. The summed E-state index contributed by atoms with van der Waals surface area (Å²) >= 11 is 0. The molecular weight excluding hydrogens is 246 g/mol. The zero-order valence-corrected chi connectivity index (χ0v) is 11.7. The van der Waals surface area contributed by atoms with Crippen LogP contribution in [0.5, 0.6) is 0 Å². The third-order valence-electron chi connectivity index (χ3n) is 1.85. The van der Waals surface area contributed by atoms with Gasteiger partial charge in [0.05, 0.1) is 6.61 Å². The van der Waals surface area contributed by atoms with E-state index in [9.17, 15) is 4.79 Å². The van der Waals surface area contributed by atoms with Crippen LogP contribution in [0.3, 0.4) is 0 Å². The van der Waals surface area contributed by atoms with Crippen LogP contribution in [0, 0.1) is 0 Å². The Hall–Kier alpha value is -2.11. The van der Waals surface area contributed by atoms with E-state index in [2.05, 4.69) is 21.9 Å². The standard InChI is InChI=1S/C13H19N3O3/c1-6-18-9(2)11-14-8-7-10(15-11)16-12(17)19-13(3,4)5/h7-8H,2,6H2,1,3-5H3,(H,14,15,16,17). The number of rotatable bonds is 4. The second kappa shape index (κ2) is 6.17. The van der Waals surface area contributed by atoms with Crippen molar-refractivity contribution in [3.05, 3.63) is 24.7 Å². The van der Waals surface area contributed by atoms with Crippen LogP contribution in [0.15, 0.2) is 18.8 Å². The number of hydrogen-bond acceptors (Lipinski definition) is 5. The Bertz CT molecular complexity index is 466. The van der Waals surface area contributed by atoms with Crippen molar-refractivity contribution >= 4 is 17.7 Å². The fourth-order valence-electron chi connectivity index (χ4n) is 1.21. The Kier molecular flexibility index (Phi) is 4.86. The van der Waals surface area contributed by atoms with Crippen LogP contribution < -0.4 is 5.32 Å². The van der Waals surface area contributed by atoms with Crippen LogP contribution in [0.25, 0.3) is 5.76 Å². The van der Waals surface area contributed by atoms with Crippen molar-refractivity contribution in [2.75, 3.05) is 11.9 Å². The number of amides is 1. The van der Waals surface area contributed by atoms with Crippen molar-refractivity contribution < 1.29 is 14.3 Å². The molecule has 1 N–H and O–H groups in total. The van der Waals surface area contributed by atoms with Crippen LogP contribution in [0.1, 0.15) is 33.5 Å². The largest absolute Gasteiger partial charge is 0.491 e. The monoisotopic (exact) mass is 265 g/mol. The van der Waals surface area contributed by atoms with Gasteiger partial charge < -0.3 is 9.47 Å². The first-order chi connectivity index (χ1) is 8.81. The molecule has 0 saturated carbocycles. The Labute approximate surface area is 112 Å². The normalized spacial score (nSPS) is 10.7. The highest BCUT2D eigenvalue weighted by Gasteiger charge is 2.16. The van der Waals surface area contributed by atoms with E-state index >= 15 is 0 Å². The Balaban J connectivity index is 2.72. The summed E-state index contributed by atoms with van der Waals surface area (Å²) in [5.74, 6) is 1.02. The molecule has 0 aliphatic carbocycles. The minimum atomic E-state index is -0.570. The zero-order valence-electron chi connectivity index (χ0n) is 11.7. The number of carbonyl (C=O) groups is 1. The number of hydrogen-bond donors (Lipinski definition) is 1. The smallest absolute Gasteiger partial charge is 0.413 e. The number of nitrogens with one attached hydrogen (secondary N) is 1. The maximum Gasteiger partial charge on any atom is 0.413 e. The third kappa shape index (κ3) is 5.37. The summed E-state index contributed by atoms with van der Waals surface area (Å²) in [7, 11) is 0. The van der Waals surface area contributed by atoms with Gasteiger partial charge in [-0.2, -0.15) is 0 Å². The van der Waals surface area contributed by atoms with E-state index in [1.165, 1.54) is 6.20 Å². The SMILES string of the molecule is C=C(OCC)c1nccc(NC(=O)OC(C)(C)C)n1. The predicted molar refractivity (Wildman–Crippen MR) is 72.5 cm³/mol. The van der Waals surface area contributed by atoms with Gasteiger partial charge in [0.25, 0.3) is 0 Å². The maximum absolute atomic E-state index is 11.6. The average molecular weight is 265 g/mol. The minimum Gasteiger partial charge on any atom is -0.491 e. The first kappa shape index (κ1) is 14.9. The Morgan fingerprint density at radius 1 is 1.47 bits per heavy atom. The zero-order chi connectivity index (χ0) is 14.5. The topological polar surface area (TPSA) is 73.3 Å². The summed E-state index contributed by atoms with van der Waals surface area (Å²) in [6.07, 6.45) is 0.943. The summed E-state index contributed by atoms with van der Waals surface area (Å²) in [5.41, 5.74) is -0.561. The number of aromatic nitrogens is 2. The molecule has 1 heterocycles. The minimum absolute atomic E-state index is 0.329. The summed E-state index contributed by atoms with van der Waals surface area (Å²) < 4.78 is 10.3. The van der Waals surface area contributed by atoms with Gasteiger partial charge in [0.2, 0.25) is 0 Å². The van der Waals surface area contributed by atoms with Crippen molar-refractivity contribution in [3.8, 4) is 0 Å². The van der Waals surface area contributed by atoms with E-state index in [0.29, 0.717) is 24.0 Å². The molecule has 1 rings (SSSR count). The van der Waals surface area contributed by atoms with Crippen molar-refractivity contribution in [1.82, 2.24) is 9.97 Å². The van der Waals surface area contributed by atoms with E-state index < -0.39 is 11.7 Å². The number of nitrogens with zero attached hydrogens (tertiary/aromatic N) is 2. The number of anilines is 1. The molecule has 0 aliphatic rings. The number of carbonyl (C=O) groups excluding carboxylic acids is 1. The van der Waals surface area contributed by atoms with Gasteiger partial charge in [-0.3, -0.25) is 5.32 Å². The third-order valence-corrected chi connectivity index (χ3v) is 1.85. The van der Waals surface area contributed by atoms with Gasteiger partial charge >= 0.3 is 6.09 Å². The van der Waals surface area contributed by atoms with E-state index in [1.807, 2.05) is 6.92 Å². The quantitative estimate of drug-likeness (QED) is 0.847. The van der Waals surface area contributed by atoms with Crippen LogP contribution in [-0.2, 0) is 9.47 Å².